The average molecular weight is 337 g/mol. The lowest BCUT2D eigenvalue weighted by Crippen LogP contribution is -2.31. The molecular formula is C17H15N5O3. The quantitative estimate of drug-likeness (QED) is 0.535. The first kappa shape index (κ1) is 15.1. The minimum atomic E-state index is -0.122. The number of hydrogen-bond acceptors (Lipinski definition) is 6. The Kier molecular flexibility index (Phi) is 3.99. The molecule has 0 unspecified atom stereocenters. The van der Waals surface area contributed by atoms with Crippen molar-refractivity contribution in [2.24, 2.45) is 0 Å². The molecule has 0 spiro atoms. The number of carbonyl (C=O) groups excluding carboxylic acids is 1. The van der Waals surface area contributed by atoms with Gasteiger partial charge in [0.05, 0.1) is 32.0 Å². The zero-order valence-electron chi connectivity index (χ0n) is 13.3. The number of carbonyl (C=O) groups is 1. The van der Waals surface area contributed by atoms with Crippen LogP contribution in [0.5, 0.6) is 0 Å². The third-order valence-corrected chi connectivity index (χ3v) is 3.68. The molecule has 8 nitrogen and oxygen atoms in total. The van der Waals surface area contributed by atoms with Crippen molar-refractivity contribution in [3.63, 3.8) is 0 Å². The minimum absolute atomic E-state index is 0.0742. The highest BCUT2D eigenvalue weighted by atomic mass is 16.3. The maximum atomic E-state index is 12.8. The molecule has 0 saturated carbocycles. The summed E-state index contributed by atoms with van der Waals surface area (Å²) in [7, 11) is 0. The second-order valence-electron chi connectivity index (χ2n) is 5.48. The van der Waals surface area contributed by atoms with E-state index in [2.05, 4.69) is 15.1 Å². The molecule has 126 valence electrons. The van der Waals surface area contributed by atoms with Crippen molar-refractivity contribution < 1.29 is 13.6 Å². The van der Waals surface area contributed by atoms with Crippen LogP contribution in [0.25, 0.3) is 5.78 Å². The summed E-state index contributed by atoms with van der Waals surface area (Å²) in [5.41, 5.74) is 0. The first-order valence-electron chi connectivity index (χ1n) is 7.77. The fourth-order valence-corrected chi connectivity index (χ4v) is 2.51. The molecule has 0 radical (unpaired) electrons. The second kappa shape index (κ2) is 6.60. The van der Waals surface area contributed by atoms with Crippen LogP contribution in [0, 0.1) is 0 Å². The predicted molar refractivity (Wildman–Crippen MR) is 86.2 cm³/mol. The van der Waals surface area contributed by atoms with Crippen LogP contribution in [0.3, 0.4) is 0 Å². The van der Waals surface area contributed by atoms with Crippen LogP contribution in [-0.2, 0) is 24.3 Å². The van der Waals surface area contributed by atoms with Gasteiger partial charge in [-0.1, -0.05) is 0 Å². The second-order valence-corrected chi connectivity index (χ2v) is 5.48. The van der Waals surface area contributed by atoms with Crippen molar-refractivity contribution in [2.45, 2.75) is 19.5 Å². The fourth-order valence-electron chi connectivity index (χ4n) is 2.51. The van der Waals surface area contributed by atoms with Gasteiger partial charge in [0.25, 0.3) is 5.78 Å². The first-order valence-corrected chi connectivity index (χ1v) is 7.77. The molecule has 0 aliphatic heterocycles. The van der Waals surface area contributed by atoms with Crippen LogP contribution in [0.2, 0.25) is 0 Å². The Morgan fingerprint density at radius 1 is 1.08 bits per heavy atom. The van der Waals surface area contributed by atoms with E-state index in [9.17, 15) is 4.79 Å². The molecule has 0 N–H and O–H groups in total. The monoisotopic (exact) mass is 337 g/mol. The van der Waals surface area contributed by atoms with E-state index in [1.165, 1.54) is 0 Å². The van der Waals surface area contributed by atoms with Gasteiger partial charge in [0.2, 0.25) is 5.91 Å². The summed E-state index contributed by atoms with van der Waals surface area (Å²) in [6.07, 6.45) is 6.62. The zero-order valence-corrected chi connectivity index (χ0v) is 13.3. The Morgan fingerprint density at radius 2 is 1.80 bits per heavy atom. The third kappa shape index (κ3) is 3.42. The van der Waals surface area contributed by atoms with Crippen LogP contribution in [0.15, 0.2) is 64.1 Å². The van der Waals surface area contributed by atoms with E-state index >= 15 is 0 Å². The lowest BCUT2D eigenvalue weighted by Gasteiger charge is -2.20. The molecule has 0 atom stereocenters. The number of nitrogens with zero attached hydrogens (tertiary/aromatic N) is 5. The Morgan fingerprint density at radius 3 is 2.40 bits per heavy atom. The van der Waals surface area contributed by atoms with Crippen LogP contribution >= 0.6 is 0 Å². The minimum Gasteiger partial charge on any atom is -0.467 e. The number of hydrogen-bond donors (Lipinski definition) is 0. The van der Waals surface area contributed by atoms with Crippen molar-refractivity contribution in [1.29, 1.82) is 0 Å². The first-order chi connectivity index (χ1) is 12.3. The molecule has 0 saturated heterocycles. The van der Waals surface area contributed by atoms with Gasteiger partial charge >= 0.3 is 0 Å². The molecule has 1 amide bonds. The molecule has 4 aromatic heterocycles. The smallest absolute Gasteiger partial charge is 0.252 e. The average Bonchev–Trinajstić information content (AvgIpc) is 3.35. The Balaban J connectivity index is 1.53. The normalized spacial score (nSPS) is 11.0. The summed E-state index contributed by atoms with van der Waals surface area (Å²) in [5.74, 6) is 2.17. The van der Waals surface area contributed by atoms with Gasteiger partial charge in [-0.15, -0.1) is 5.10 Å². The Bertz CT molecular complexity index is 890. The number of fused-ring (bicyclic) bond motifs is 1. The van der Waals surface area contributed by atoms with Crippen molar-refractivity contribution >= 4 is 11.7 Å². The zero-order chi connectivity index (χ0) is 17.1. The van der Waals surface area contributed by atoms with Gasteiger partial charge in [-0.2, -0.15) is 4.98 Å². The maximum Gasteiger partial charge on any atom is 0.252 e. The van der Waals surface area contributed by atoms with Gasteiger partial charge in [0, 0.05) is 12.4 Å². The summed E-state index contributed by atoms with van der Waals surface area (Å²) in [6, 6.07) is 9.00. The van der Waals surface area contributed by atoms with E-state index in [1.807, 2.05) is 12.1 Å². The highest BCUT2D eigenvalue weighted by Gasteiger charge is 2.19. The highest BCUT2D eigenvalue weighted by molar-refractivity contribution is 5.78. The molecule has 4 heterocycles. The molecule has 8 heteroatoms. The lowest BCUT2D eigenvalue weighted by molar-refractivity contribution is -0.132. The summed E-state index contributed by atoms with van der Waals surface area (Å²) < 4.78 is 12.3. The van der Waals surface area contributed by atoms with E-state index in [0.29, 0.717) is 36.2 Å². The fraction of sp³-hybridized carbons (Fsp3) is 0.176. The number of rotatable bonds is 6. The lowest BCUT2D eigenvalue weighted by atomic mass is 10.3. The summed E-state index contributed by atoms with van der Waals surface area (Å²) >= 11 is 0. The van der Waals surface area contributed by atoms with Crippen LogP contribution < -0.4 is 0 Å². The molecule has 25 heavy (non-hydrogen) atoms. The molecular weight excluding hydrogens is 322 g/mol. The van der Waals surface area contributed by atoms with E-state index in [1.54, 1.807) is 52.5 Å². The van der Waals surface area contributed by atoms with Crippen molar-refractivity contribution in [1.82, 2.24) is 24.5 Å². The predicted octanol–water partition coefficient (Wildman–Crippen LogP) is 2.08. The molecule has 0 aliphatic carbocycles. The van der Waals surface area contributed by atoms with E-state index in [-0.39, 0.29) is 12.3 Å². The van der Waals surface area contributed by atoms with Crippen molar-refractivity contribution in [3.05, 3.63) is 72.6 Å². The molecule has 0 aromatic carbocycles. The molecule has 0 fully saturated rings. The summed E-state index contributed by atoms with van der Waals surface area (Å²) in [6.45, 7) is 0.691. The summed E-state index contributed by atoms with van der Waals surface area (Å²) in [4.78, 5) is 22.8. The molecule has 0 aliphatic rings. The van der Waals surface area contributed by atoms with Gasteiger partial charge in [-0.3, -0.25) is 4.79 Å². The summed E-state index contributed by atoms with van der Waals surface area (Å²) in [5, 5.41) is 4.28. The Hall–Kier alpha value is -3.42. The van der Waals surface area contributed by atoms with E-state index in [4.69, 9.17) is 8.83 Å². The van der Waals surface area contributed by atoms with Gasteiger partial charge in [0.15, 0.2) is 5.82 Å². The number of furan rings is 2. The van der Waals surface area contributed by atoms with Gasteiger partial charge in [0.1, 0.15) is 11.5 Å². The standard InChI is InChI=1S/C17H15N5O3/c23-16(10-15-19-17-18-6-3-7-22(17)20-15)21(11-13-4-1-8-24-13)12-14-5-2-9-25-14/h1-9H,10-12H2. The van der Waals surface area contributed by atoms with E-state index in [0.717, 1.165) is 0 Å². The van der Waals surface area contributed by atoms with Crippen molar-refractivity contribution in [2.75, 3.05) is 0 Å². The number of aromatic nitrogens is 4. The molecule has 4 rings (SSSR count). The van der Waals surface area contributed by atoms with E-state index < -0.39 is 0 Å². The maximum absolute atomic E-state index is 12.8. The van der Waals surface area contributed by atoms with Crippen LogP contribution in [0.4, 0.5) is 0 Å². The molecule has 0 bridgehead atoms. The van der Waals surface area contributed by atoms with Gasteiger partial charge < -0.3 is 13.7 Å². The largest absolute Gasteiger partial charge is 0.467 e. The Labute approximate surface area is 142 Å². The van der Waals surface area contributed by atoms with Gasteiger partial charge in [-0.05, 0) is 30.3 Å². The van der Waals surface area contributed by atoms with Crippen molar-refractivity contribution in [3.8, 4) is 0 Å². The topological polar surface area (TPSA) is 89.7 Å². The van der Waals surface area contributed by atoms with Gasteiger partial charge in [-0.25, -0.2) is 9.50 Å². The van der Waals surface area contributed by atoms with Crippen LogP contribution in [0.1, 0.15) is 17.3 Å². The molecule has 4 aromatic rings. The highest BCUT2D eigenvalue weighted by Crippen LogP contribution is 2.13. The number of amides is 1. The van der Waals surface area contributed by atoms with Crippen LogP contribution in [-0.4, -0.2) is 30.4 Å². The SMILES string of the molecule is O=C(Cc1nc2ncccn2n1)N(Cc1ccco1)Cc1ccco1. The third-order valence-electron chi connectivity index (χ3n) is 3.68.